The van der Waals surface area contributed by atoms with E-state index in [-0.39, 0.29) is 0 Å². The fraction of sp³-hybridized carbons (Fsp3) is 0.556. The highest BCUT2D eigenvalue weighted by Crippen LogP contribution is 2.26. The van der Waals surface area contributed by atoms with E-state index in [1.54, 1.807) is 0 Å². The number of rotatable bonds is 0. The van der Waals surface area contributed by atoms with Crippen LogP contribution in [-0.2, 0) is 0 Å². The van der Waals surface area contributed by atoms with Gasteiger partial charge < -0.3 is 15.1 Å². The van der Waals surface area contributed by atoms with E-state index in [0.29, 0.717) is 0 Å². The molecule has 0 unspecified atom stereocenters. The molecule has 0 aromatic carbocycles. The first-order chi connectivity index (χ1) is 5.95. The van der Waals surface area contributed by atoms with E-state index in [1.165, 1.54) is 31.2 Å². The maximum atomic E-state index is 3.43. The minimum Gasteiger partial charge on any atom is -0.380 e. The third-order valence-electron chi connectivity index (χ3n) is 2.79. The maximum absolute atomic E-state index is 3.43. The molecule has 3 nitrogen and oxygen atoms in total. The molecular weight excluding hydrogens is 150 g/mol. The molecule has 1 saturated heterocycles. The van der Waals surface area contributed by atoms with Gasteiger partial charge in [-0.1, -0.05) is 6.08 Å². The molecule has 3 heterocycles. The Kier molecular flexibility index (Phi) is 1.17. The summed E-state index contributed by atoms with van der Waals surface area (Å²) in [6.07, 6.45) is 4.45. The lowest BCUT2D eigenvalue weighted by atomic mass is 10.2. The van der Waals surface area contributed by atoms with E-state index in [2.05, 4.69) is 27.3 Å². The van der Waals surface area contributed by atoms with Gasteiger partial charge in [0.15, 0.2) is 0 Å². The van der Waals surface area contributed by atoms with E-state index in [9.17, 15) is 0 Å². The van der Waals surface area contributed by atoms with Crippen molar-refractivity contribution in [1.29, 1.82) is 0 Å². The molecule has 0 atom stereocenters. The third kappa shape index (κ3) is 0.709. The van der Waals surface area contributed by atoms with Crippen LogP contribution in [0.2, 0.25) is 0 Å². The topological polar surface area (TPSA) is 18.5 Å². The van der Waals surface area contributed by atoms with Crippen LogP contribution in [0.3, 0.4) is 0 Å². The van der Waals surface area contributed by atoms with Gasteiger partial charge >= 0.3 is 0 Å². The molecule has 3 rings (SSSR count). The number of hydrogen-bond donors (Lipinski definition) is 1. The summed E-state index contributed by atoms with van der Waals surface area (Å²) in [4.78, 5) is 4.93. The third-order valence-corrected chi connectivity index (χ3v) is 2.79. The van der Waals surface area contributed by atoms with Crippen molar-refractivity contribution in [2.75, 3.05) is 32.7 Å². The van der Waals surface area contributed by atoms with Crippen LogP contribution in [0.15, 0.2) is 23.7 Å². The second-order valence-corrected chi connectivity index (χ2v) is 3.50. The van der Waals surface area contributed by atoms with Gasteiger partial charge in [0, 0.05) is 32.7 Å². The monoisotopic (exact) mass is 163 g/mol. The predicted octanol–water partition coefficient (Wildman–Crippen LogP) is -0.0539. The fourth-order valence-corrected chi connectivity index (χ4v) is 2.23. The van der Waals surface area contributed by atoms with Crippen molar-refractivity contribution in [3.8, 4) is 0 Å². The van der Waals surface area contributed by atoms with E-state index < -0.39 is 0 Å². The summed E-state index contributed by atoms with van der Waals surface area (Å²) in [5.74, 6) is 1.43. The molecule has 0 aliphatic carbocycles. The number of nitrogens with zero attached hydrogens (tertiary/aromatic N) is 2. The van der Waals surface area contributed by atoms with Gasteiger partial charge in [-0.05, 0) is 6.08 Å². The Morgan fingerprint density at radius 2 is 2.08 bits per heavy atom. The van der Waals surface area contributed by atoms with E-state index >= 15 is 0 Å². The molecule has 0 bridgehead atoms. The van der Waals surface area contributed by atoms with Crippen LogP contribution in [0.5, 0.6) is 0 Å². The van der Waals surface area contributed by atoms with Gasteiger partial charge in [0.25, 0.3) is 0 Å². The molecule has 0 aromatic rings. The summed E-state index contributed by atoms with van der Waals surface area (Å²) in [6.45, 7) is 5.77. The van der Waals surface area contributed by atoms with Crippen molar-refractivity contribution in [3.63, 3.8) is 0 Å². The Morgan fingerprint density at radius 1 is 1.17 bits per heavy atom. The Balaban J connectivity index is 2.07. The highest BCUT2D eigenvalue weighted by molar-refractivity contribution is 5.30. The second kappa shape index (κ2) is 2.19. The number of allylic oxidation sites excluding steroid dienone is 1. The Morgan fingerprint density at radius 3 is 3.08 bits per heavy atom. The van der Waals surface area contributed by atoms with E-state index in [4.69, 9.17) is 0 Å². The largest absolute Gasteiger partial charge is 0.380 e. The van der Waals surface area contributed by atoms with Gasteiger partial charge in [-0.3, -0.25) is 0 Å². The van der Waals surface area contributed by atoms with Crippen molar-refractivity contribution in [3.05, 3.63) is 23.7 Å². The first-order valence-corrected chi connectivity index (χ1v) is 4.60. The zero-order valence-electron chi connectivity index (χ0n) is 7.08. The average Bonchev–Trinajstić information content (AvgIpc) is 2.52. The van der Waals surface area contributed by atoms with Crippen molar-refractivity contribution in [2.24, 2.45) is 0 Å². The van der Waals surface area contributed by atoms with Gasteiger partial charge in [0.2, 0.25) is 0 Å². The van der Waals surface area contributed by atoms with Crippen LogP contribution in [0, 0.1) is 0 Å². The lowest BCUT2D eigenvalue weighted by molar-refractivity contribution is 0.319. The summed E-state index contributed by atoms with van der Waals surface area (Å²) in [6, 6.07) is 0. The van der Waals surface area contributed by atoms with Gasteiger partial charge in [-0.15, -0.1) is 0 Å². The number of nitrogens with one attached hydrogen (secondary N) is 1. The molecule has 3 heteroatoms. The van der Waals surface area contributed by atoms with Gasteiger partial charge in [0.1, 0.15) is 5.82 Å². The first-order valence-electron chi connectivity index (χ1n) is 4.60. The molecule has 12 heavy (non-hydrogen) atoms. The molecule has 0 amide bonds. The molecule has 3 aliphatic rings. The summed E-state index contributed by atoms with van der Waals surface area (Å²) in [7, 11) is 0. The lowest BCUT2D eigenvalue weighted by Gasteiger charge is -2.33. The summed E-state index contributed by atoms with van der Waals surface area (Å²) in [5, 5.41) is 3.43. The highest BCUT2D eigenvalue weighted by atomic mass is 15.4. The molecule has 0 radical (unpaired) electrons. The maximum Gasteiger partial charge on any atom is 0.128 e. The van der Waals surface area contributed by atoms with Gasteiger partial charge in [-0.25, -0.2) is 0 Å². The van der Waals surface area contributed by atoms with E-state index in [1.807, 2.05) is 0 Å². The Hall–Kier alpha value is -1.12. The minimum absolute atomic E-state index is 1.09. The molecule has 1 N–H and O–H groups in total. The van der Waals surface area contributed by atoms with Crippen LogP contribution >= 0.6 is 0 Å². The molecular formula is C9H13N3. The van der Waals surface area contributed by atoms with Crippen LogP contribution in [0.1, 0.15) is 0 Å². The van der Waals surface area contributed by atoms with Crippen LogP contribution in [0.4, 0.5) is 0 Å². The van der Waals surface area contributed by atoms with Crippen molar-refractivity contribution in [1.82, 2.24) is 15.1 Å². The summed E-state index contributed by atoms with van der Waals surface area (Å²) >= 11 is 0. The first kappa shape index (κ1) is 6.40. The highest BCUT2D eigenvalue weighted by Gasteiger charge is 2.30. The van der Waals surface area contributed by atoms with Crippen molar-refractivity contribution < 1.29 is 0 Å². The molecule has 0 saturated carbocycles. The smallest absolute Gasteiger partial charge is 0.128 e. The van der Waals surface area contributed by atoms with Gasteiger partial charge in [-0.2, -0.15) is 0 Å². The molecule has 0 spiro atoms. The SMILES string of the molecule is C1=CC2=C3N(C1)CCN3CCN2. The summed E-state index contributed by atoms with van der Waals surface area (Å²) in [5.41, 5.74) is 1.32. The minimum atomic E-state index is 1.09. The zero-order chi connectivity index (χ0) is 7.97. The Bertz CT molecular complexity index is 267. The zero-order valence-corrected chi connectivity index (χ0v) is 7.08. The molecule has 3 aliphatic heterocycles. The quantitative estimate of drug-likeness (QED) is 0.540. The molecule has 1 fully saturated rings. The molecule has 0 aromatic heterocycles. The lowest BCUT2D eigenvalue weighted by Crippen LogP contribution is -2.39. The normalized spacial score (nSPS) is 26.0. The van der Waals surface area contributed by atoms with E-state index in [0.717, 1.165) is 13.1 Å². The van der Waals surface area contributed by atoms with Crippen molar-refractivity contribution in [2.45, 2.75) is 0 Å². The fourth-order valence-electron chi connectivity index (χ4n) is 2.23. The summed E-state index contributed by atoms with van der Waals surface area (Å²) < 4.78 is 0. The van der Waals surface area contributed by atoms with Gasteiger partial charge in [0.05, 0.1) is 5.70 Å². The second-order valence-electron chi connectivity index (χ2n) is 3.50. The Labute approximate surface area is 72.3 Å². The standard InChI is InChI=1S/C9H13N3/c1-2-8-9-11(4-1)6-7-12(9)5-3-10-8/h1-2,10H,3-7H2. The van der Waals surface area contributed by atoms with Crippen LogP contribution < -0.4 is 5.32 Å². The average molecular weight is 163 g/mol. The van der Waals surface area contributed by atoms with Crippen LogP contribution in [0.25, 0.3) is 0 Å². The molecule has 64 valence electrons. The predicted molar refractivity (Wildman–Crippen MR) is 47.3 cm³/mol. The number of hydrogen-bond acceptors (Lipinski definition) is 3. The van der Waals surface area contributed by atoms with Crippen molar-refractivity contribution >= 4 is 0 Å². The van der Waals surface area contributed by atoms with Crippen LogP contribution in [-0.4, -0.2) is 42.5 Å².